The smallest absolute Gasteiger partial charge is 0.339 e. The number of nitro benzene ring substituents is 1. The fourth-order valence-corrected chi connectivity index (χ4v) is 2.71. The Morgan fingerprint density at radius 2 is 1.92 bits per heavy atom. The van der Waals surface area contributed by atoms with Gasteiger partial charge in [-0.2, -0.15) is 5.26 Å². The second-order valence-electron chi connectivity index (χ2n) is 4.75. The predicted molar refractivity (Wildman–Crippen MR) is 90.6 cm³/mol. The molecule has 0 fully saturated rings. The monoisotopic (exact) mass is 356 g/mol. The van der Waals surface area contributed by atoms with E-state index in [2.05, 4.69) is 0 Å². The minimum Gasteiger partial charge on any atom is -0.447 e. The molecule has 0 atom stereocenters. The van der Waals surface area contributed by atoms with Crippen LogP contribution in [0.5, 0.6) is 0 Å². The van der Waals surface area contributed by atoms with Gasteiger partial charge >= 0.3 is 5.97 Å². The number of thioether (sulfide) groups is 1. The highest BCUT2D eigenvalue weighted by Crippen LogP contribution is 2.29. The van der Waals surface area contributed by atoms with E-state index in [1.165, 1.54) is 42.1 Å². The largest absolute Gasteiger partial charge is 0.447 e. The summed E-state index contributed by atoms with van der Waals surface area (Å²) in [4.78, 5) is 35.8. The number of nitrogens with zero attached hydrogens (tertiary/aromatic N) is 2. The molecule has 0 aliphatic carbocycles. The Balaban J connectivity index is 2.45. The SMILES string of the molecule is CSc1ccc(C(=O)c2ccccc2C(=O)OCC#N)cc1[N+](=O)[O-]. The van der Waals surface area contributed by atoms with Crippen LogP contribution in [0.1, 0.15) is 26.3 Å². The Morgan fingerprint density at radius 1 is 1.24 bits per heavy atom. The summed E-state index contributed by atoms with van der Waals surface area (Å²) in [5.74, 6) is -1.35. The van der Waals surface area contributed by atoms with Gasteiger partial charge in [0.25, 0.3) is 5.69 Å². The second kappa shape index (κ2) is 8.08. The van der Waals surface area contributed by atoms with E-state index in [-0.39, 0.29) is 22.4 Å². The van der Waals surface area contributed by atoms with Gasteiger partial charge in [-0.05, 0) is 24.5 Å². The maximum atomic E-state index is 12.7. The summed E-state index contributed by atoms with van der Waals surface area (Å²) in [6.45, 7) is -0.435. The van der Waals surface area contributed by atoms with Gasteiger partial charge in [-0.25, -0.2) is 4.79 Å². The number of esters is 1. The van der Waals surface area contributed by atoms with Crippen LogP contribution in [0, 0.1) is 21.4 Å². The van der Waals surface area contributed by atoms with E-state index in [0.717, 1.165) is 0 Å². The second-order valence-corrected chi connectivity index (χ2v) is 5.60. The number of hydrogen-bond acceptors (Lipinski definition) is 7. The fraction of sp³-hybridized carbons (Fsp3) is 0.118. The van der Waals surface area contributed by atoms with Crippen LogP contribution in [0.25, 0.3) is 0 Å². The molecule has 0 aliphatic rings. The Hall–Kier alpha value is -3.18. The van der Waals surface area contributed by atoms with Crippen molar-refractivity contribution in [2.75, 3.05) is 12.9 Å². The predicted octanol–water partition coefficient (Wildman–Crippen LogP) is 3.23. The highest BCUT2D eigenvalue weighted by atomic mass is 32.2. The molecule has 0 spiro atoms. The van der Waals surface area contributed by atoms with Gasteiger partial charge in [-0.15, -0.1) is 11.8 Å². The number of rotatable bonds is 6. The van der Waals surface area contributed by atoms with Crippen LogP contribution in [0.15, 0.2) is 47.4 Å². The first-order valence-electron chi connectivity index (χ1n) is 6.99. The topological polar surface area (TPSA) is 110 Å². The molecule has 0 amide bonds. The van der Waals surface area contributed by atoms with Crippen LogP contribution in [0.3, 0.4) is 0 Å². The van der Waals surface area contributed by atoms with Crippen LogP contribution in [-0.4, -0.2) is 29.5 Å². The molecule has 126 valence electrons. The first-order valence-corrected chi connectivity index (χ1v) is 8.22. The van der Waals surface area contributed by atoms with E-state index in [0.29, 0.717) is 4.90 Å². The number of carbonyl (C=O) groups is 2. The summed E-state index contributed by atoms with van der Waals surface area (Å²) in [5.41, 5.74) is -0.0380. The Kier molecular flexibility index (Phi) is 5.87. The number of ketones is 1. The van der Waals surface area contributed by atoms with E-state index in [1.807, 2.05) is 0 Å². The Morgan fingerprint density at radius 3 is 2.52 bits per heavy atom. The van der Waals surface area contributed by atoms with Crippen LogP contribution >= 0.6 is 11.8 Å². The molecule has 2 aromatic rings. The van der Waals surface area contributed by atoms with Crippen molar-refractivity contribution >= 4 is 29.2 Å². The third kappa shape index (κ3) is 4.02. The van der Waals surface area contributed by atoms with Gasteiger partial charge in [0.05, 0.1) is 15.4 Å². The van der Waals surface area contributed by atoms with Gasteiger partial charge in [0, 0.05) is 17.2 Å². The summed E-state index contributed by atoms with van der Waals surface area (Å²) < 4.78 is 4.74. The lowest BCUT2D eigenvalue weighted by Crippen LogP contribution is -2.13. The van der Waals surface area contributed by atoms with Crippen molar-refractivity contribution < 1.29 is 19.2 Å². The van der Waals surface area contributed by atoms with Crippen molar-refractivity contribution in [1.82, 2.24) is 0 Å². The van der Waals surface area contributed by atoms with Crippen LogP contribution in [0.4, 0.5) is 5.69 Å². The molecular weight excluding hydrogens is 344 g/mol. The summed E-state index contributed by atoms with van der Waals surface area (Å²) in [6, 6.07) is 11.8. The number of carbonyl (C=O) groups excluding carboxylic acids is 2. The zero-order chi connectivity index (χ0) is 18.4. The number of ether oxygens (including phenoxy) is 1. The van der Waals surface area contributed by atoms with Crippen molar-refractivity contribution in [2.45, 2.75) is 4.90 Å². The average molecular weight is 356 g/mol. The molecule has 0 heterocycles. The van der Waals surface area contributed by atoms with Gasteiger partial charge in [-0.3, -0.25) is 14.9 Å². The highest BCUT2D eigenvalue weighted by molar-refractivity contribution is 7.98. The molecule has 0 aliphatic heterocycles. The first-order chi connectivity index (χ1) is 12.0. The van der Waals surface area contributed by atoms with E-state index in [1.54, 1.807) is 24.5 Å². The van der Waals surface area contributed by atoms with Crippen LogP contribution < -0.4 is 0 Å². The molecule has 25 heavy (non-hydrogen) atoms. The molecular formula is C17H12N2O5S. The Labute approximate surface area is 147 Å². The molecule has 8 heteroatoms. The number of nitriles is 1. The number of hydrogen-bond donors (Lipinski definition) is 0. The molecule has 0 saturated carbocycles. The summed E-state index contributed by atoms with van der Waals surface area (Å²) >= 11 is 1.20. The van der Waals surface area contributed by atoms with Gasteiger partial charge in [0.1, 0.15) is 6.07 Å². The molecule has 2 aromatic carbocycles. The van der Waals surface area contributed by atoms with Crippen LogP contribution in [0.2, 0.25) is 0 Å². The lowest BCUT2D eigenvalue weighted by Gasteiger charge is -2.08. The van der Waals surface area contributed by atoms with Gasteiger partial charge in [0.2, 0.25) is 0 Å². The zero-order valence-electron chi connectivity index (χ0n) is 13.1. The van der Waals surface area contributed by atoms with Crippen molar-refractivity contribution in [3.05, 3.63) is 69.3 Å². The quantitative estimate of drug-likeness (QED) is 0.257. The molecule has 0 radical (unpaired) electrons. The summed E-state index contributed by atoms with van der Waals surface area (Å²) in [6.07, 6.45) is 1.70. The van der Waals surface area contributed by atoms with E-state index in [9.17, 15) is 19.7 Å². The van der Waals surface area contributed by atoms with Gasteiger partial charge < -0.3 is 4.74 Å². The van der Waals surface area contributed by atoms with Crippen molar-refractivity contribution in [3.63, 3.8) is 0 Å². The maximum Gasteiger partial charge on any atom is 0.339 e. The van der Waals surface area contributed by atoms with Crippen LogP contribution in [-0.2, 0) is 4.74 Å². The molecule has 0 aromatic heterocycles. The maximum absolute atomic E-state index is 12.7. The number of benzene rings is 2. The molecule has 0 unspecified atom stereocenters. The lowest BCUT2D eigenvalue weighted by atomic mass is 9.98. The minimum atomic E-state index is -0.805. The highest BCUT2D eigenvalue weighted by Gasteiger charge is 2.22. The molecule has 0 N–H and O–H groups in total. The van der Waals surface area contributed by atoms with Gasteiger partial charge in [0.15, 0.2) is 12.4 Å². The third-order valence-electron chi connectivity index (χ3n) is 3.30. The molecule has 0 bridgehead atoms. The normalized spacial score (nSPS) is 9.92. The summed E-state index contributed by atoms with van der Waals surface area (Å²) in [5, 5.41) is 19.7. The lowest BCUT2D eigenvalue weighted by molar-refractivity contribution is -0.387. The molecule has 0 saturated heterocycles. The minimum absolute atomic E-state index is 0.000605. The standard InChI is InChI=1S/C17H12N2O5S/c1-25-15-7-6-11(10-14(15)19(22)23)16(20)12-4-2-3-5-13(12)17(21)24-9-8-18/h2-7,10H,9H2,1H3. The van der Waals surface area contributed by atoms with E-state index in [4.69, 9.17) is 10.00 Å². The molecule has 7 nitrogen and oxygen atoms in total. The first kappa shape index (κ1) is 18.2. The van der Waals surface area contributed by atoms with Crippen molar-refractivity contribution in [3.8, 4) is 6.07 Å². The van der Waals surface area contributed by atoms with Crippen molar-refractivity contribution in [2.24, 2.45) is 0 Å². The number of nitro groups is 1. The Bertz CT molecular complexity index is 889. The fourth-order valence-electron chi connectivity index (χ4n) is 2.16. The van der Waals surface area contributed by atoms with E-state index < -0.39 is 23.3 Å². The average Bonchev–Trinajstić information content (AvgIpc) is 2.64. The molecule has 2 rings (SSSR count). The van der Waals surface area contributed by atoms with Crippen molar-refractivity contribution in [1.29, 1.82) is 5.26 Å². The zero-order valence-corrected chi connectivity index (χ0v) is 13.9. The van der Waals surface area contributed by atoms with E-state index >= 15 is 0 Å². The third-order valence-corrected chi connectivity index (χ3v) is 4.08. The summed E-state index contributed by atoms with van der Waals surface area (Å²) in [7, 11) is 0. The van der Waals surface area contributed by atoms with Gasteiger partial charge in [-0.1, -0.05) is 18.2 Å².